The zero-order chi connectivity index (χ0) is 14.1. The molecule has 3 aromatic carbocycles. The van der Waals surface area contributed by atoms with Crippen LogP contribution in [0.2, 0.25) is 0 Å². The molecule has 0 N–H and O–H groups in total. The number of benzene rings is 3. The standard InChI is InChI=1S/C20H14O/c1-3-7-15(8-4-1)17-11-12-19-18(13-17)14-20(21-19)16-9-5-2-6-10-16/h1-14H. The number of hydrogen-bond acceptors (Lipinski definition) is 1. The second kappa shape index (κ2) is 4.95. The van der Waals surface area contributed by atoms with Gasteiger partial charge in [-0.3, -0.25) is 0 Å². The smallest absolute Gasteiger partial charge is 0.135 e. The van der Waals surface area contributed by atoms with E-state index in [1.807, 2.05) is 30.3 Å². The Kier molecular flexibility index (Phi) is 2.82. The third-order valence-electron chi connectivity index (χ3n) is 3.68. The second-order valence-electron chi connectivity index (χ2n) is 5.10. The average Bonchev–Trinajstić information content (AvgIpc) is 2.99. The van der Waals surface area contributed by atoms with Gasteiger partial charge in [0.2, 0.25) is 0 Å². The third kappa shape index (κ3) is 2.23. The fraction of sp³-hybridized carbons (Fsp3) is 0. The van der Waals surface area contributed by atoms with Crippen molar-refractivity contribution in [3.05, 3.63) is 84.9 Å². The van der Waals surface area contributed by atoms with E-state index in [0.717, 1.165) is 22.3 Å². The van der Waals surface area contributed by atoms with Crippen LogP contribution >= 0.6 is 0 Å². The van der Waals surface area contributed by atoms with Gasteiger partial charge in [0.25, 0.3) is 0 Å². The molecule has 0 bridgehead atoms. The van der Waals surface area contributed by atoms with Crippen LogP contribution in [0, 0.1) is 0 Å². The van der Waals surface area contributed by atoms with Crippen LogP contribution < -0.4 is 0 Å². The summed E-state index contributed by atoms with van der Waals surface area (Å²) in [5.74, 6) is 0.913. The molecule has 1 heterocycles. The van der Waals surface area contributed by atoms with Crippen LogP contribution in [-0.2, 0) is 0 Å². The Bertz CT molecular complexity index is 836. The maximum absolute atomic E-state index is 5.94. The highest BCUT2D eigenvalue weighted by molar-refractivity contribution is 5.87. The van der Waals surface area contributed by atoms with Crippen molar-refractivity contribution in [1.29, 1.82) is 0 Å². The second-order valence-corrected chi connectivity index (χ2v) is 5.10. The molecule has 0 aliphatic rings. The lowest BCUT2D eigenvalue weighted by molar-refractivity contribution is 0.631. The van der Waals surface area contributed by atoms with Crippen LogP contribution in [0.4, 0.5) is 0 Å². The first-order valence-electron chi connectivity index (χ1n) is 7.04. The lowest BCUT2D eigenvalue weighted by Crippen LogP contribution is -1.75. The zero-order valence-corrected chi connectivity index (χ0v) is 11.5. The molecule has 1 aromatic heterocycles. The predicted molar refractivity (Wildman–Crippen MR) is 87.1 cm³/mol. The minimum Gasteiger partial charge on any atom is -0.456 e. The van der Waals surface area contributed by atoms with E-state index in [-0.39, 0.29) is 0 Å². The topological polar surface area (TPSA) is 13.1 Å². The summed E-state index contributed by atoms with van der Waals surface area (Å²) in [5.41, 5.74) is 4.47. The molecule has 100 valence electrons. The normalized spacial score (nSPS) is 10.9. The van der Waals surface area contributed by atoms with Gasteiger partial charge in [-0.25, -0.2) is 0 Å². The summed E-state index contributed by atoms with van der Waals surface area (Å²) in [7, 11) is 0. The Balaban J connectivity index is 1.82. The lowest BCUT2D eigenvalue weighted by atomic mass is 10.0. The highest BCUT2D eigenvalue weighted by Crippen LogP contribution is 2.30. The van der Waals surface area contributed by atoms with Crippen LogP contribution in [-0.4, -0.2) is 0 Å². The Labute approximate surface area is 123 Å². The van der Waals surface area contributed by atoms with E-state index in [4.69, 9.17) is 4.42 Å². The lowest BCUT2D eigenvalue weighted by Gasteiger charge is -2.00. The van der Waals surface area contributed by atoms with E-state index in [1.54, 1.807) is 0 Å². The van der Waals surface area contributed by atoms with Gasteiger partial charge in [-0.05, 0) is 29.3 Å². The monoisotopic (exact) mass is 270 g/mol. The fourth-order valence-electron chi connectivity index (χ4n) is 2.60. The molecule has 0 radical (unpaired) electrons. The van der Waals surface area contributed by atoms with E-state index < -0.39 is 0 Å². The molecule has 0 amide bonds. The Morgan fingerprint density at radius 3 is 1.90 bits per heavy atom. The van der Waals surface area contributed by atoms with Gasteiger partial charge in [0, 0.05) is 10.9 Å². The molecule has 0 aliphatic heterocycles. The van der Waals surface area contributed by atoms with E-state index in [0.29, 0.717) is 0 Å². The van der Waals surface area contributed by atoms with Crippen LogP contribution in [0.1, 0.15) is 0 Å². The maximum Gasteiger partial charge on any atom is 0.135 e. The summed E-state index contributed by atoms with van der Waals surface area (Å²) >= 11 is 0. The molecular formula is C20H14O. The Hall–Kier alpha value is -2.80. The number of fused-ring (bicyclic) bond motifs is 1. The number of hydrogen-bond donors (Lipinski definition) is 0. The minimum absolute atomic E-state index is 0.913. The van der Waals surface area contributed by atoms with Gasteiger partial charge in [-0.15, -0.1) is 0 Å². The molecule has 0 atom stereocenters. The molecule has 21 heavy (non-hydrogen) atoms. The molecule has 0 spiro atoms. The van der Waals surface area contributed by atoms with Crippen LogP contribution in [0.15, 0.2) is 89.3 Å². The molecule has 0 aliphatic carbocycles. The number of rotatable bonds is 2. The third-order valence-corrected chi connectivity index (χ3v) is 3.68. The first kappa shape index (κ1) is 12.0. The van der Waals surface area contributed by atoms with Crippen molar-refractivity contribution in [2.75, 3.05) is 0 Å². The molecule has 4 aromatic rings. The average molecular weight is 270 g/mol. The van der Waals surface area contributed by atoms with E-state index in [9.17, 15) is 0 Å². The van der Waals surface area contributed by atoms with Gasteiger partial charge >= 0.3 is 0 Å². The van der Waals surface area contributed by atoms with E-state index >= 15 is 0 Å². The van der Waals surface area contributed by atoms with Gasteiger partial charge in [-0.1, -0.05) is 66.7 Å². The van der Waals surface area contributed by atoms with Crippen LogP contribution in [0.5, 0.6) is 0 Å². The van der Waals surface area contributed by atoms with Crippen molar-refractivity contribution < 1.29 is 4.42 Å². The molecule has 1 heteroatoms. The van der Waals surface area contributed by atoms with Crippen LogP contribution in [0.25, 0.3) is 33.4 Å². The Morgan fingerprint density at radius 1 is 0.524 bits per heavy atom. The molecular weight excluding hydrogens is 256 g/mol. The zero-order valence-electron chi connectivity index (χ0n) is 11.5. The summed E-state index contributed by atoms with van der Waals surface area (Å²) in [6.45, 7) is 0. The molecule has 0 saturated carbocycles. The van der Waals surface area contributed by atoms with Crippen molar-refractivity contribution in [3.63, 3.8) is 0 Å². The summed E-state index contributed by atoms with van der Waals surface area (Å²) in [4.78, 5) is 0. The van der Waals surface area contributed by atoms with Crippen molar-refractivity contribution >= 4 is 11.0 Å². The van der Waals surface area contributed by atoms with Gasteiger partial charge in [0.15, 0.2) is 0 Å². The van der Waals surface area contributed by atoms with E-state index in [2.05, 4.69) is 54.6 Å². The minimum atomic E-state index is 0.913. The van der Waals surface area contributed by atoms with Gasteiger partial charge in [0.05, 0.1) is 0 Å². The largest absolute Gasteiger partial charge is 0.456 e. The SMILES string of the molecule is c1ccc(-c2ccc3oc(-c4ccccc4)cc3c2)cc1. The van der Waals surface area contributed by atoms with Crippen LogP contribution in [0.3, 0.4) is 0 Å². The highest BCUT2D eigenvalue weighted by Gasteiger charge is 2.07. The summed E-state index contributed by atoms with van der Waals surface area (Å²) in [6.07, 6.45) is 0. The fourth-order valence-corrected chi connectivity index (χ4v) is 2.60. The van der Waals surface area contributed by atoms with Crippen molar-refractivity contribution in [1.82, 2.24) is 0 Å². The summed E-state index contributed by atoms with van der Waals surface area (Å²) in [6, 6.07) is 29.0. The molecule has 0 fully saturated rings. The highest BCUT2D eigenvalue weighted by atomic mass is 16.3. The van der Waals surface area contributed by atoms with Gasteiger partial charge < -0.3 is 4.42 Å². The molecule has 1 nitrogen and oxygen atoms in total. The maximum atomic E-state index is 5.94. The Morgan fingerprint density at radius 2 is 1.19 bits per heavy atom. The predicted octanol–water partition coefficient (Wildman–Crippen LogP) is 5.77. The molecule has 4 rings (SSSR count). The number of furan rings is 1. The molecule has 0 saturated heterocycles. The van der Waals surface area contributed by atoms with Crippen molar-refractivity contribution in [2.45, 2.75) is 0 Å². The van der Waals surface area contributed by atoms with Crippen molar-refractivity contribution in [3.8, 4) is 22.5 Å². The van der Waals surface area contributed by atoms with E-state index in [1.165, 1.54) is 11.1 Å². The van der Waals surface area contributed by atoms with Gasteiger partial charge in [-0.2, -0.15) is 0 Å². The summed E-state index contributed by atoms with van der Waals surface area (Å²) < 4.78 is 5.94. The first-order valence-corrected chi connectivity index (χ1v) is 7.04. The van der Waals surface area contributed by atoms with Gasteiger partial charge in [0.1, 0.15) is 11.3 Å². The summed E-state index contributed by atoms with van der Waals surface area (Å²) in [5, 5.41) is 1.13. The molecule has 0 unspecified atom stereocenters. The quantitative estimate of drug-likeness (QED) is 0.451. The van der Waals surface area contributed by atoms with Crippen molar-refractivity contribution in [2.24, 2.45) is 0 Å². The first-order chi connectivity index (χ1) is 10.4.